The average Bonchev–Trinajstić information content (AvgIpc) is 2.56. The van der Waals surface area contributed by atoms with Crippen molar-refractivity contribution in [2.75, 3.05) is 0 Å². The van der Waals surface area contributed by atoms with E-state index < -0.39 is 0 Å². The molecule has 4 rings (SSSR count). The Labute approximate surface area is 114 Å². The lowest BCUT2D eigenvalue weighted by Gasteiger charge is -2.53. The van der Waals surface area contributed by atoms with Gasteiger partial charge in [-0.15, -0.1) is 0 Å². The van der Waals surface area contributed by atoms with Crippen molar-refractivity contribution in [3.8, 4) is 0 Å². The molecule has 0 nitrogen and oxygen atoms in total. The molecule has 4 saturated carbocycles. The minimum absolute atomic E-state index is 0.451. The zero-order chi connectivity index (χ0) is 12.9. The molecule has 1 spiro atoms. The predicted molar refractivity (Wildman–Crippen MR) is 82.2 cm³/mol. The first kappa shape index (κ1) is 11.9. The lowest BCUT2D eigenvalue weighted by molar-refractivity contribution is -0.00367. The number of hydrogen-bond donors (Lipinski definition) is 0. The molecule has 4 unspecified atom stereocenters. The normalized spacial score (nSPS) is 53.4. The van der Waals surface area contributed by atoms with Crippen molar-refractivity contribution >= 4 is 15.7 Å². The maximum atomic E-state index is 2.58. The van der Waals surface area contributed by atoms with E-state index in [-0.39, 0.29) is 0 Å². The van der Waals surface area contributed by atoms with E-state index in [0.29, 0.717) is 10.6 Å². The summed E-state index contributed by atoms with van der Waals surface area (Å²) < 4.78 is 0. The first-order valence-corrected chi connectivity index (χ1v) is 8.26. The summed E-state index contributed by atoms with van der Waals surface area (Å²) in [4.78, 5) is 0. The summed E-state index contributed by atoms with van der Waals surface area (Å²) in [6, 6.07) is 0. The molecular formula is C16H28B2. The van der Waals surface area contributed by atoms with Gasteiger partial charge in [-0.25, -0.2) is 0 Å². The van der Waals surface area contributed by atoms with E-state index in [9.17, 15) is 0 Å². The second kappa shape index (κ2) is 3.07. The Morgan fingerprint density at radius 2 is 1.39 bits per heavy atom. The van der Waals surface area contributed by atoms with E-state index in [1.54, 1.807) is 32.1 Å². The van der Waals surface area contributed by atoms with Crippen molar-refractivity contribution in [1.29, 1.82) is 0 Å². The van der Waals surface area contributed by atoms with Crippen molar-refractivity contribution in [3.63, 3.8) is 0 Å². The summed E-state index contributed by atoms with van der Waals surface area (Å²) in [6.45, 7) is 7.42. The summed E-state index contributed by atoms with van der Waals surface area (Å²) in [5.74, 6) is 5.48. The Balaban J connectivity index is 1.72. The molecule has 3 bridgehead atoms. The van der Waals surface area contributed by atoms with E-state index >= 15 is 0 Å². The van der Waals surface area contributed by atoms with Gasteiger partial charge in [0.1, 0.15) is 15.7 Å². The highest BCUT2D eigenvalue weighted by atomic mass is 14.7. The monoisotopic (exact) mass is 242 g/mol. The second-order valence-electron chi connectivity index (χ2n) is 9.76. The molecule has 4 fully saturated rings. The average molecular weight is 242 g/mol. The molecule has 0 radical (unpaired) electrons. The van der Waals surface area contributed by atoms with Gasteiger partial charge in [-0.2, -0.15) is 0 Å². The van der Waals surface area contributed by atoms with Crippen molar-refractivity contribution < 1.29 is 0 Å². The molecule has 0 aromatic rings. The van der Waals surface area contributed by atoms with Crippen LogP contribution in [-0.2, 0) is 0 Å². The smallest absolute Gasteiger partial charge is 0.0766 e. The van der Waals surface area contributed by atoms with Crippen LogP contribution in [0.3, 0.4) is 0 Å². The minimum atomic E-state index is 0.451. The van der Waals surface area contributed by atoms with Crippen molar-refractivity contribution in [2.24, 2.45) is 40.4 Å². The third-order valence-corrected chi connectivity index (χ3v) is 8.44. The fourth-order valence-electron chi connectivity index (χ4n) is 6.88. The highest BCUT2D eigenvalue weighted by Gasteiger charge is 2.70. The standard InChI is InChI=1S/C16H28B2/c1-14(2,3)16(17,18)13-9-4-11-6-12-5-10(13)8-15(11,12)7-9/h9-13H,4-8,17-18H2,1-3H3. The van der Waals surface area contributed by atoms with Crippen LogP contribution in [0.5, 0.6) is 0 Å². The molecule has 4 atom stereocenters. The Bertz CT molecular complexity index is 368. The van der Waals surface area contributed by atoms with Crippen LogP contribution in [0.25, 0.3) is 0 Å². The van der Waals surface area contributed by atoms with Gasteiger partial charge in [-0.3, -0.25) is 0 Å². The number of hydrogen-bond acceptors (Lipinski definition) is 0. The van der Waals surface area contributed by atoms with Gasteiger partial charge in [0.05, 0.1) is 0 Å². The summed E-state index contributed by atoms with van der Waals surface area (Å²) in [5, 5.41) is 0.510. The van der Waals surface area contributed by atoms with Crippen molar-refractivity contribution in [1.82, 2.24) is 0 Å². The fraction of sp³-hybridized carbons (Fsp3) is 1.00. The van der Waals surface area contributed by atoms with Crippen LogP contribution >= 0.6 is 0 Å². The SMILES string of the molecule is BC(B)(C1C2CC3CC4CC1CC34C2)C(C)(C)C. The topological polar surface area (TPSA) is 0 Å². The second-order valence-corrected chi connectivity index (χ2v) is 9.76. The summed E-state index contributed by atoms with van der Waals surface area (Å²) in [6.07, 6.45) is 8.02. The molecule has 0 aromatic heterocycles. The lowest BCUT2D eigenvalue weighted by Crippen LogP contribution is -2.45. The Hall–Kier alpha value is 0.130. The quantitative estimate of drug-likeness (QED) is 0.619. The maximum absolute atomic E-state index is 2.58. The Morgan fingerprint density at radius 3 is 1.83 bits per heavy atom. The number of rotatable bonds is 1. The van der Waals surface area contributed by atoms with Crippen LogP contribution in [-0.4, -0.2) is 15.7 Å². The highest BCUT2D eigenvalue weighted by Crippen LogP contribution is 2.79. The van der Waals surface area contributed by atoms with Gasteiger partial charge in [0.25, 0.3) is 0 Å². The largest absolute Gasteiger partial charge is 0.100 e. The summed E-state index contributed by atoms with van der Waals surface area (Å²) in [5.41, 5.74) is 1.34. The van der Waals surface area contributed by atoms with E-state index in [0.717, 1.165) is 35.0 Å². The van der Waals surface area contributed by atoms with E-state index in [4.69, 9.17) is 0 Å². The molecule has 0 aliphatic heterocycles. The van der Waals surface area contributed by atoms with Gasteiger partial charge in [0.15, 0.2) is 0 Å². The fourth-order valence-corrected chi connectivity index (χ4v) is 6.88. The molecule has 98 valence electrons. The van der Waals surface area contributed by atoms with E-state index in [1.165, 1.54) is 0 Å². The zero-order valence-electron chi connectivity index (χ0n) is 12.9. The Kier molecular flexibility index (Phi) is 2.03. The van der Waals surface area contributed by atoms with Crippen molar-refractivity contribution in [3.05, 3.63) is 0 Å². The molecule has 2 heteroatoms. The van der Waals surface area contributed by atoms with Gasteiger partial charge < -0.3 is 0 Å². The van der Waals surface area contributed by atoms with Gasteiger partial charge in [0, 0.05) is 0 Å². The molecule has 18 heavy (non-hydrogen) atoms. The first-order chi connectivity index (χ1) is 8.26. The van der Waals surface area contributed by atoms with Crippen LogP contribution in [0.15, 0.2) is 0 Å². The van der Waals surface area contributed by atoms with Crippen LogP contribution in [0.4, 0.5) is 0 Å². The summed E-state index contributed by atoms with van der Waals surface area (Å²) >= 11 is 0. The first-order valence-electron chi connectivity index (χ1n) is 8.26. The molecule has 4 aliphatic carbocycles. The predicted octanol–water partition coefficient (Wildman–Crippen LogP) is 2.49. The van der Waals surface area contributed by atoms with Crippen LogP contribution in [0, 0.1) is 40.4 Å². The molecular weight excluding hydrogens is 214 g/mol. The molecule has 4 aliphatic rings. The molecule has 0 N–H and O–H groups in total. The third kappa shape index (κ3) is 1.13. The summed E-state index contributed by atoms with van der Waals surface area (Å²) in [7, 11) is 5.15. The maximum Gasteiger partial charge on any atom is 0.100 e. The highest BCUT2D eigenvalue weighted by molar-refractivity contribution is 6.40. The third-order valence-electron chi connectivity index (χ3n) is 8.44. The Morgan fingerprint density at radius 1 is 0.889 bits per heavy atom. The van der Waals surface area contributed by atoms with Gasteiger partial charge >= 0.3 is 0 Å². The minimum Gasteiger partial charge on any atom is -0.0766 e. The zero-order valence-corrected chi connectivity index (χ0v) is 12.9. The van der Waals surface area contributed by atoms with E-state index in [1.807, 2.05) is 0 Å². The van der Waals surface area contributed by atoms with Crippen LogP contribution < -0.4 is 0 Å². The molecule has 0 saturated heterocycles. The lowest BCUT2D eigenvalue weighted by atomic mass is 9.35. The molecule has 0 aromatic carbocycles. The number of fused-ring (bicyclic) bond motifs is 2. The molecule has 0 amide bonds. The molecule has 0 heterocycles. The van der Waals surface area contributed by atoms with Gasteiger partial charge in [-0.1, -0.05) is 26.0 Å². The van der Waals surface area contributed by atoms with Crippen LogP contribution in [0.1, 0.15) is 52.9 Å². The van der Waals surface area contributed by atoms with Gasteiger partial charge in [-0.05, 0) is 72.5 Å². The van der Waals surface area contributed by atoms with Crippen molar-refractivity contribution in [2.45, 2.75) is 58.1 Å². The van der Waals surface area contributed by atoms with Gasteiger partial charge in [0.2, 0.25) is 0 Å². The van der Waals surface area contributed by atoms with Crippen LogP contribution in [0.2, 0.25) is 5.21 Å². The van der Waals surface area contributed by atoms with E-state index in [2.05, 4.69) is 36.5 Å².